The number of nitro benzene ring substituents is 1. The fourth-order valence-electron chi connectivity index (χ4n) is 3.02. The Morgan fingerprint density at radius 1 is 1.37 bits per heavy atom. The number of imide groups is 1. The number of nitrogens with one attached hydrogen (secondary N) is 1. The number of non-ortho nitro benzene ring substituents is 1. The summed E-state index contributed by atoms with van der Waals surface area (Å²) in [6, 6.07) is 3.82. The number of phosphoric acid groups is 1. The molecule has 0 saturated carbocycles. The lowest BCUT2D eigenvalue weighted by Crippen LogP contribution is -2.57. The summed E-state index contributed by atoms with van der Waals surface area (Å²) in [7, 11) is -4.61. The first-order chi connectivity index (χ1) is 14.1. The third-order valence-electron chi connectivity index (χ3n) is 4.63. The van der Waals surface area contributed by atoms with Crippen molar-refractivity contribution in [3.8, 4) is 5.75 Å². The number of urea groups is 1. The Morgan fingerprint density at radius 2 is 2.03 bits per heavy atom. The van der Waals surface area contributed by atoms with E-state index in [0.29, 0.717) is 0 Å². The number of carbonyl (C=O) groups is 2. The van der Waals surface area contributed by atoms with Crippen LogP contribution < -0.4 is 9.84 Å². The monoisotopic (exact) mass is 445 g/mol. The molecule has 0 aliphatic carbocycles. The molecular weight excluding hydrogens is 425 g/mol. The summed E-state index contributed by atoms with van der Waals surface area (Å²) in [6.45, 7) is 1.23. The largest absolute Gasteiger partial charge is 0.527 e. The molecule has 2 unspecified atom stereocenters. The predicted octanol–water partition coefficient (Wildman–Crippen LogP) is 0.754. The molecule has 30 heavy (non-hydrogen) atoms. The Kier molecular flexibility index (Phi) is 6.38. The van der Waals surface area contributed by atoms with Crippen LogP contribution in [0.4, 0.5) is 10.5 Å². The highest BCUT2D eigenvalue weighted by Gasteiger charge is 2.43. The minimum Gasteiger partial charge on any atom is -0.404 e. The molecule has 0 aromatic heterocycles. The molecule has 1 aromatic carbocycles. The van der Waals surface area contributed by atoms with Crippen molar-refractivity contribution in [2.75, 3.05) is 13.2 Å². The van der Waals surface area contributed by atoms with E-state index < -0.39 is 55.6 Å². The van der Waals surface area contributed by atoms with Gasteiger partial charge in [0.15, 0.2) is 0 Å². The second-order valence-electron chi connectivity index (χ2n) is 6.89. The lowest BCUT2D eigenvalue weighted by atomic mass is 10.1. The number of carbonyl (C=O) groups excluding carboxylic acids is 2. The van der Waals surface area contributed by atoms with E-state index in [9.17, 15) is 34.3 Å². The van der Waals surface area contributed by atoms with E-state index in [-0.39, 0.29) is 24.4 Å². The molecule has 0 spiro atoms. The molecule has 2 saturated heterocycles. The Balaban J connectivity index is 1.54. The first-order valence-electron chi connectivity index (χ1n) is 8.92. The number of aliphatic hydroxyl groups is 1. The van der Waals surface area contributed by atoms with Crippen molar-refractivity contribution >= 4 is 25.4 Å². The second kappa shape index (κ2) is 8.66. The summed E-state index contributed by atoms with van der Waals surface area (Å²) >= 11 is 0. The minimum atomic E-state index is -4.61. The predicted molar refractivity (Wildman–Crippen MR) is 98.2 cm³/mol. The smallest absolute Gasteiger partial charge is 0.404 e. The van der Waals surface area contributed by atoms with Crippen LogP contribution in [0.15, 0.2) is 24.3 Å². The number of hydrogen-bond donors (Lipinski definition) is 3. The number of phosphoric ester groups is 1. The molecule has 3 amide bonds. The zero-order chi connectivity index (χ0) is 22.1. The van der Waals surface area contributed by atoms with Crippen LogP contribution >= 0.6 is 7.82 Å². The summed E-state index contributed by atoms with van der Waals surface area (Å²) in [6.07, 6.45) is -2.91. The summed E-state index contributed by atoms with van der Waals surface area (Å²) in [5, 5.41) is 23.0. The number of benzene rings is 1. The first-order valence-corrected chi connectivity index (χ1v) is 10.4. The molecular formula is C16H20N3O10P. The van der Waals surface area contributed by atoms with Crippen LogP contribution in [0.3, 0.4) is 0 Å². The molecule has 2 aliphatic rings. The molecule has 2 aliphatic heterocycles. The molecule has 5 atom stereocenters. The van der Waals surface area contributed by atoms with E-state index in [1.807, 2.05) is 0 Å². The first kappa shape index (κ1) is 22.1. The number of rotatable bonds is 7. The van der Waals surface area contributed by atoms with Crippen LogP contribution in [0.25, 0.3) is 0 Å². The van der Waals surface area contributed by atoms with Crippen LogP contribution in [0.1, 0.15) is 13.3 Å². The molecule has 0 radical (unpaired) electrons. The van der Waals surface area contributed by atoms with Gasteiger partial charge in [-0.2, -0.15) is 0 Å². The number of hydrogen-bond acceptors (Lipinski definition) is 9. The van der Waals surface area contributed by atoms with Gasteiger partial charge in [-0.1, -0.05) is 6.92 Å². The van der Waals surface area contributed by atoms with Crippen LogP contribution in [0.5, 0.6) is 5.75 Å². The Hall–Kier alpha value is -2.57. The highest BCUT2D eigenvalue weighted by atomic mass is 31.2. The fraction of sp³-hybridized carbons (Fsp3) is 0.500. The van der Waals surface area contributed by atoms with Gasteiger partial charge < -0.3 is 14.4 Å². The molecule has 1 aromatic rings. The standard InChI is InChI=1S/C16H20N3O10P/c1-9-7-18(16(22)17-15(9)21)14-6-12(20)13(28-14)8-27-30(25,26)29-11-4-2-10(3-5-11)19(23)24/h2-5,9,12-14,20H,6-8H2,1H3,(H,25,26)(H,17,21,22)/t9?,12-,13+,14+/m0/s1. The van der Waals surface area contributed by atoms with Crippen molar-refractivity contribution in [3.63, 3.8) is 0 Å². The van der Waals surface area contributed by atoms with Crippen molar-refractivity contribution in [1.82, 2.24) is 10.2 Å². The zero-order valence-electron chi connectivity index (χ0n) is 15.7. The highest BCUT2D eigenvalue weighted by molar-refractivity contribution is 7.47. The van der Waals surface area contributed by atoms with Crippen LogP contribution in [-0.2, 0) is 18.6 Å². The van der Waals surface area contributed by atoms with Crippen LogP contribution in [0, 0.1) is 16.0 Å². The van der Waals surface area contributed by atoms with Crippen molar-refractivity contribution in [2.45, 2.75) is 31.8 Å². The van der Waals surface area contributed by atoms with Gasteiger partial charge in [-0.05, 0) is 12.1 Å². The maximum Gasteiger partial charge on any atom is 0.527 e. The van der Waals surface area contributed by atoms with Gasteiger partial charge in [0, 0.05) is 25.1 Å². The molecule has 164 valence electrons. The van der Waals surface area contributed by atoms with E-state index in [2.05, 4.69) is 5.32 Å². The normalized spacial score (nSPS) is 28.7. The zero-order valence-corrected chi connectivity index (χ0v) is 16.6. The SMILES string of the molecule is CC1CN([C@H]2C[C@H](O)[C@@H](COP(=O)(O)Oc3ccc([N+](=O)[O-])cc3)O2)C(=O)NC1=O. The molecule has 2 fully saturated rings. The van der Waals surface area contributed by atoms with Crippen molar-refractivity contribution in [1.29, 1.82) is 0 Å². The fourth-order valence-corrected chi connectivity index (χ4v) is 3.80. The van der Waals surface area contributed by atoms with E-state index in [0.717, 1.165) is 24.3 Å². The van der Waals surface area contributed by atoms with Crippen LogP contribution in [0.2, 0.25) is 0 Å². The summed E-state index contributed by atoms with van der Waals surface area (Å²) in [5.74, 6) is -0.980. The number of aliphatic hydroxyl groups excluding tert-OH is 1. The quantitative estimate of drug-likeness (QED) is 0.308. The lowest BCUT2D eigenvalue weighted by molar-refractivity contribution is -0.384. The van der Waals surface area contributed by atoms with Crippen molar-refractivity contribution in [2.24, 2.45) is 5.92 Å². The van der Waals surface area contributed by atoms with Gasteiger partial charge in [0.2, 0.25) is 5.91 Å². The van der Waals surface area contributed by atoms with Gasteiger partial charge in [0.25, 0.3) is 5.69 Å². The number of ether oxygens (including phenoxy) is 1. The van der Waals surface area contributed by atoms with Gasteiger partial charge in [-0.3, -0.25) is 34.5 Å². The number of nitrogens with zero attached hydrogens (tertiary/aromatic N) is 2. The van der Waals surface area contributed by atoms with Gasteiger partial charge in [0.1, 0.15) is 18.1 Å². The number of nitro groups is 1. The van der Waals surface area contributed by atoms with E-state index in [1.165, 1.54) is 4.90 Å². The average molecular weight is 445 g/mol. The minimum absolute atomic E-state index is 0.0291. The summed E-state index contributed by atoms with van der Waals surface area (Å²) in [5.41, 5.74) is -0.220. The third-order valence-corrected chi connectivity index (χ3v) is 5.55. The Labute approximate surface area is 170 Å². The molecule has 3 N–H and O–H groups in total. The van der Waals surface area contributed by atoms with Crippen LogP contribution in [-0.4, -0.2) is 63.3 Å². The Bertz CT molecular complexity index is 879. The maximum atomic E-state index is 12.1. The third kappa shape index (κ3) is 5.12. The van der Waals surface area contributed by atoms with E-state index in [4.69, 9.17) is 13.8 Å². The molecule has 3 rings (SSSR count). The number of amides is 3. The van der Waals surface area contributed by atoms with E-state index in [1.54, 1.807) is 6.92 Å². The summed E-state index contributed by atoms with van der Waals surface area (Å²) < 4.78 is 27.4. The molecule has 2 heterocycles. The topological polar surface area (TPSA) is 178 Å². The highest BCUT2D eigenvalue weighted by Crippen LogP contribution is 2.44. The van der Waals surface area contributed by atoms with Gasteiger partial charge in [-0.15, -0.1) is 0 Å². The maximum absolute atomic E-state index is 12.1. The molecule has 0 bridgehead atoms. The molecule has 13 nitrogen and oxygen atoms in total. The lowest BCUT2D eigenvalue weighted by Gasteiger charge is -2.34. The van der Waals surface area contributed by atoms with Crippen molar-refractivity contribution in [3.05, 3.63) is 34.4 Å². The Morgan fingerprint density at radius 3 is 2.67 bits per heavy atom. The van der Waals surface area contributed by atoms with Crippen molar-refractivity contribution < 1.29 is 42.9 Å². The summed E-state index contributed by atoms with van der Waals surface area (Å²) in [4.78, 5) is 44.6. The van der Waals surface area contributed by atoms with Gasteiger partial charge in [0.05, 0.1) is 23.6 Å². The van der Waals surface area contributed by atoms with E-state index >= 15 is 0 Å². The average Bonchev–Trinajstić information content (AvgIpc) is 3.03. The van der Waals surface area contributed by atoms with Gasteiger partial charge in [-0.25, -0.2) is 9.36 Å². The van der Waals surface area contributed by atoms with Gasteiger partial charge >= 0.3 is 13.9 Å². The second-order valence-corrected chi connectivity index (χ2v) is 8.26. The molecule has 14 heteroatoms.